The molecule has 0 aliphatic heterocycles. The molecule has 0 saturated carbocycles. The van der Waals surface area contributed by atoms with Crippen LogP contribution in [0.2, 0.25) is 0 Å². The van der Waals surface area contributed by atoms with Gasteiger partial charge in [0, 0.05) is 0 Å². The van der Waals surface area contributed by atoms with Crippen LogP contribution in [0.4, 0.5) is 4.70 Å². The molecule has 0 N–H and O–H groups in total. The van der Waals surface area contributed by atoms with Gasteiger partial charge in [0.15, 0.2) is 0 Å². The molecule has 42 valence electrons. The van der Waals surface area contributed by atoms with Crippen molar-refractivity contribution in [2.75, 3.05) is 21.1 Å². The van der Waals surface area contributed by atoms with Gasteiger partial charge >= 0.3 is 0 Å². The van der Waals surface area contributed by atoms with Gasteiger partial charge in [-0.3, -0.25) is 4.70 Å². The van der Waals surface area contributed by atoms with Crippen LogP contribution in [0.25, 0.3) is 0 Å². The summed E-state index contributed by atoms with van der Waals surface area (Å²) in [5.41, 5.74) is 0. The Morgan fingerprint density at radius 3 is 1.00 bits per heavy atom. The van der Waals surface area contributed by atoms with Gasteiger partial charge in [0.1, 0.15) is 0 Å². The first kappa shape index (κ1) is 16.5. The van der Waals surface area contributed by atoms with Crippen LogP contribution >= 0.6 is 0 Å². The van der Waals surface area contributed by atoms with Crippen molar-refractivity contribution in [1.29, 1.82) is 0 Å². The summed E-state index contributed by atoms with van der Waals surface area (Å²) < 4.78 is 0. The predicted octanol–water partition coefficient (Wildman–Crippen LogP) is -1.12. The SMILES string of the molecule is CN(C)C.F.[SiH4]. The van der Waals surface area contributed by atoms with Crippen molar-refractivity contribution >= 4 is 11.0 Å². The van der Waals surface area contributed by atoms with E-state index in [-0.39, 0.29) is 15.7 Å². The fourth-order valence-electron chi connectivity index (χ4n) is 0. The van der Waals surface area contributed by atoms with E-state index in [1.165, 1.54) is 0 Å². The molecule has 0 aromatic carbocycles. The molecule has 3 heteroatoms. The van der Waals surface area contributed by atoms with E-state index in [2.05, 4.69) is 0 Å². The summed E-state index contributed by atoms with van der Waals surface area (Å²) in [6.07, 6.45) is 0. The smallest absolute Gasteiger partial charge is 0.0140 e. The third-order valence-electron chi connectivity index (χ3n) is 0. The molecule has 0 aromatic heterocycles. The molecule has 0 rings (SSSR count). The van der Waals surface area contributed by atoms with Crippen molar-refractivity contribution in [2.24, 2.45) is 0 Å². The fraction of sp³-hybridized carbons (Fsp3) is 1.00. The van der Waals surface area contributed by atoms with E-state index >= 15 is 0 Å². The summed E-state index contributed by atoms with van der Waals surface area (Å²) >= 11 is 0. The van der Waals surface area contributed by atoms with Gasteiger partial charge in [-0.15, -0.1) is 0 Å². The first-order valence-electron chi connectivity index (χ1n) is 1.34. The lowest BCUT2D eigenvalue weighted by Gasteiger charge is -1.90. The van der Waals surface area contributed by atoms with Crippen LogP contribution in [0.15, 0.2) is 0 Å². The maximum atomic E-state index is 2.00. The third kappa shape index (κ3) is 3470. The average Bonchev–Trinajstić information content (AvgIpc) is 0.811. The summed E-state index contributed by atoms with van der Waals surface area (Å²) in [5, 5.41) is 0. The Balaban J connectivity index is -0.0000000450. The minimum absolute atomic E-state index is 0. The lowest BCUT2D eigenvalue weighted by Crippen LogP contribution is -1.99. The van der Waals surface area contributed by atoms with Gasteiger partial charge in [0.05, 0.1) is 0 Å². The summed E-state index contributed by atoms with van der Waals surface area (Å²) in [4.78, 5) is 2.00. The Hall–Kier alpha value is 0.107. The minimum atomic E-state index is 0. The molecule has 0 atom stereocenters. The van der Waals surface area contributed by atoms with Gasteiger partial charge in [0.2, 0.25) is 0 Å². The van der Waals surface area contributed by atoms with Gasteiger partial charge in [-0.1, -0.05) is 0 Å². The highest BCUT2D eigenvalue weighted by Gasteiger charge is 1.58. The van der Waals surface area contributed by atoms with E-state index in [0.29, 0.717) is 0 Å². The molecule has 0 radical (unpaired) electrons. The lowest BCUT2D eigenvalue weighted by molar-refractivity contribution is 0.505. The van der Waals surface area contributed by atoms with Crippen LogP contribution in [0.3, 0.4) is 0 Å². The Bertz CT molecular complexity index is 15.5. The van der Waals surface area contributed by atoms with E-state index in [1.54, 1.807) is 0 Å². The van der Waals surface area contributed by atoms with Crippen LogP contribution in [0.1, 0.15) is 0 Å². The molecule has 0 aliphatic rings. The zero-order valence-corrected chi connectivity index (χ0v) is 3.86. The highest BCUT2D eigenvalue weighted by atomic mass is 28.1. The maximum absolute atomic E-state index is 2.00. The fourth-order valence-corrected chi connectivity index (χ4v) is 0. The Morgan fingerprint density at radius 2 is 1.00 bits per heavy atom. The van der Waals surface area contributed by atoms with Crippen molar-refractivity contribution in [3.8, 4) is 0 Å². The van der Waals surface area contributed by atoms with E-state index in [1.807, 2.05) is 26.0 Å². The van der Waals surface area contributed by atoms with Gasteiger partial charge in [-0.05, 0) is 32.1 Å². The molecule has 1 nitrogen and oxygen atoms in total. The van der Waals surface area contributed by atoms with Crippen molar-refractivity contribution in [1.82, 2.24) is 4.90 Å². The molecule has 0 aliphatic carbocycles. The molecule has 0 aromatic rings. The van der Waals surface area contributed by atoms with E-state index in [9.17, 15) is 0 Å². The summed E-state index contributed by atoms with van der Waals surface area (Å²) in [6.45, 7) is 0. The van der Waals surface area contributed by atoms with Crippen LogP contribution in [-0.4, -0.2) is 37.0 Å². The number of nitrogens with zero attached hydrogens (tertiary/aromatic N) is 1. The zero-order valence-electron chi connectivity index (χ0n) is 3.86. The van der Waals surface area contributed by atoms with Crippen molar-refractivity contribution in [3.05, 3.63) is 0 Å². The van der Waals surface area contributed by atoms with Gasteiger partial charge in [0.25, 0.3) is 0 Å². The van der Waals surface area contributed by atoms with Gasteiger partial charge < -0.3 is 4.90 Å². The van der Waals surface area contributed by atoms with Gasteiger partial charge in [-0.2, -0.15) is 0 Å². The Labute approximate surface area is 42.7 Å². The summed E-state index contributed by atoms with van der Waals surface area (Å²) in [6, 6.07) is 0. The van der Waals surface area contributed by atoms with E-state index in [4.69, 9.17) is 0 Å². The molecular weight excluding hydrogens is 97.1 g/mol. The second-order valence-corrected chi connectivity index (χ2v) is 1.34. The number of halogens is 1. The number of hydrogen-bond donors (Lipinski definition) is 0. The monoisotopic (exact) mass is 111 g/mol. The van der Waals surface area contributed by atoms with Crippen molar-refractivity contribution in [3.63, 3.8) is 0 Å². The molecular formula is C3H14FNSi. The molecule has 0 spiro atoms. The first-order chi connectivity index (χ1) is 1.73. The highest BCUT2D eigenvalue weighted by Crippen LogP contribution is 1.47. The van der Waals surface area contributed by atoms with Crippen molar-refractivity contribution < 1.29 is 4.70 Å². The van der Waals surface area contributed by atoms with Crippen molar-refractivity contribution in [2.45, 2.75) is 0 Å². The second kappa shape index (κ2) is 8.92. The largest absolute Gasteiger partial charge is 0.312 e. The maximum Gasteiger partial charge on any atom is -0.0140 e. The zero-order chi connectivity index (χ0) is 3.58. The molecule has 0 unspecified atom stereocenters. The standard InChI is InChI=1S/C3H9N.FH.H4Si/c1-4(2)3;;/h1-3H3;1H;1H4. The first-order valence-corrected chi connectivity index (χ1v) is 1.34. The highest BCUT2D eigenvalue weighted by molar-refractivity contribution is 5.75. The third-order valence-corrected chi connectivity index (χ3v) is 0. The Morgan fingerprint density at radius 1 is 1.00 bits per heavy atom. The molecule has 0 bridgehead atoms. The van der Waals surface area contributed by atoms with E-state index < -0.39 is 0 Å². The number of hydrogen-bond acceptors (Lipinski definition) is 1. The topological polar surface area (TPSA) is 3.24 Å². The molecule has 6 heavy (non-hydrogen) atoms. The van der Waals surface area contributed by atoms with Gasteiger partial charge in [-0.25, -0.2) is 0 Å². The van der Waals surface area contributed by atoms with Crippen LogP contribution in [0.5, 0.6) is 0 Å². The quantitative estimate of drug-likeness (QED) is 0.358. The predicted molar refractivity (Wildman–Crippen MR) is 33.4 cm³/mol. The molecule has 0 saturated heterocycles. The minimum Gasteiger partial charge on any atom is -0.312 e. The summed E-state index contributed by atoms with van der Waals surface area (Å²) in [7, 11) is 6.00. The second-order valence-electron chi connectivity index (χ2n) is 1.34. The van der Waals surface area contributed by atoms with E-state index in [0.717, 1.165) is 0 Å². The van der Waals surface area contributed by atoms with Crippen LogP contribution in [-0.2, 0) is 0 Å². The number of rotatable bonds is 0. The average molecular weight is 111 g/mol. The van der Waals surface area contributed by atoms with Crippen LogP contribution < -0.4 is 0 Å². The molecule has 0 amide bonds. The Kier molecular flexibility index (Phi) is 24.5. The molecule has 0 heterocycles. The normalized spacial score (nSPS) is 6.00. The lowest BCUT2D eigenvalue weighted by atomic mass is 11.0. The van der Waals surface area contributed by atoms with Crippen LogP contribution in [0, 0.1) is 0 Å². The summed E-state index contributed by atoms with van der Waals surface area (Å²) in [5.74, 6) is 0. The molecule has 0 fully saturated rings.